The number of ether oxygens (including phenoxy) is 1. The third-order valence-corrected chi connectivity index (χ3v) is 5.81. The van der Waals surface area contributed by atoms with E-state index in [0.717, 1.165) is 0 Å². The fraction of sp³-hybridized carbons (Fsp3) is 0.500. The van der Waals surface area contributed by atoms with Gasteiger partial charge in [-0.15, -0.1) is 0 Å². The molecule has 0 amide bonds. The lowest BCUT2D eigenvalue weighted by molar-refractivity contribution is 0.0514. The molecule has 0 unspecified atom stereocenters. The van der Waals surface area contributed by atoms with Crippen molar-refractivity contribution in [2.45, 2.75) is 38.8 Å². The standard InChI is InChI=1S/C14H19N2O7P/c1-4-14(5-2,24(18,19)20)13-15-8-11(22-13)10-7-9(16-23-10)12(17)21-6-3/h7-8H,4-6H2,1-3H3,(H2,18,19,20). The molecule has 2 heterocycles. The second-order valence-corrected chi connectivity index (χ2v) is 7.05. The highest BCUT2D eigenvalue weighted by Gasteiger charge is 2.49. The number of rotatable bonds is 7. The first-order valence-electron chi connectivity index (χ1n) is 7.45. The largest absolute Gasteiger partial charge is 0.461 e. The van der Waals surface area contributed by atoms with E-state index in [9.17, 15) is 19.1 Å². The summed E-state index contributed by atoms with van der Waals surface area (Å²) in [6.07, 6.45) is 1.58. The molecule has 0 saturated carbocycles. The zero-order valence-corrected chi connectivity index (χ0v) is 14.4. The van der Waals surface area contributed by atoms with Crippen LogP contribution in [0.15, 0.2) is 21.2 Å². The van der Waals surface area contributed by atoms with E-state index in [4.69, 9.17) is 13.7 Å². The van der Waals surface area contributed by atoms with Crippen molar-refractivity contribution in [2.75, 3.05) is 6.61 Å². The molecule has 0 spiro atoms. The van der Waals surface area contributed by atoms with Crippen molar-refractivity contribution in [3.05, 3.63) is 23.8 Å². The van der Waals surface area contributed by atoms with Crippen LogP contribution in [0.1, 0.15) is 50.0 Å². The number of oxazole rings is 1. The van der Waals surface area contributed by atoms with E-state index < -0.39 is 18.7 Å². The van der Waals surface area contributed by atoms with Crippen molar-refractivity contribution in [2.24, 2.45) is 0 Å². The molecule has 2 aromatic heterocycles. The van der Waals surface area contributed by atoms with Gasteiger partial charge in [-0.05, 0) is 19.8 Å². The van der Waals surface area contributed by atoms with Gasteiger partial charge in [0.2, 0.25) is 11.7 Å². The highest BCUT2D eigenvalue weighted by atomic mass is 31.2. The summed E-state index contributed by atoms with van der Waals surface area (Å²) < 4.78 is 27.3. The van der Waals surface area contributed by atoms with Crippen LogP contribution in [0.25, 0.3) is 11.5 Å². The lowest BCUT2D eigenvalue weighted by atomic mass is 10.0. The zero-order chi connectivity index (χ0) is 18.0. The first-order chi connectivity index (χ1) is 11.3. The van der Waals surface area contributed by atoms with Crippen molar-refractivity contribution in [1.82, 2.24) is 10.1 Å². The smallest absolute Gasteiger partial charge is 0.360 e. The molecule has 0 aliphatic carbocycles. The number of carbonyl (C=O) groups excluding carboxylic acids is 1. The third kappa shape index (κ3) is 3.15. The minimum absolute atomic E-state index is 0.0305. The van der Waals surface area contributed by atoms with E-state index in [1.165, 1.54) is 12.3 Å². The van der Waals surface area contributed by atoms with Crippen LogP contribution in [-0.4, -0.2) is 32.5 Å². The van der Waals surface area contributed by atoms with Crippen LogP contribution in [-0.2, 0) is 14.5 Å². The lowest BCUT2D eigenvalue weighted by Gasteiger charge is -2.28. The molecule has 0 aromatic carbocycles. The molecular weight excluding hydrogens is 339 g/mol. The van der Waals surface area contributed by atoms with Crippen LogP contribution in [0, 0.1) is 0 Å². The van der Waals surface area contributed by atoms with Crippen LogP contribution in [0.5, 0.6) is 0 Å². The monoisotopic (exact) mass is 358 g/mol. The molecule has 24 heavy (non-hydrogen) atoms. The van der Waals surface area contributed by atoms with Crippen LogP contribution in [0.4, 0.5) is 0 Å². The van der Waals surface area contributed by atoms with Gasteiger partial charge in [-0.2, -0.15) is 0 Å². The number of hydrogen-bond acceptors (Lipinski definition) is 7. The van der Waals surface area contributed by atoms with E-state index in [1.807, 2.05) is 0 Å². The maximum Gasteiger partial charge on any atom is 0.360 e. The van der Waals surface area contributed by atoms with Gasteiger partial charge in [-0.3, -0.25) is 4.57 Å². The van der Waals surface area contributed by atoms with Crippen LogP contribution in [0.3, 0.4) is 0 Å². The Morgan fingerprint density at radius 2 is 1.96 bits per heavy atom. The van der Waals surface area contributed by atoms with Gasteiger partial charge in [0.1, 0.15) is 5.16 Å². The molecule has 0 aliphatic heterocycles. The maximum atomic E-state index is 11.9. The molecule has 0 aliphatic rings. The van der Waals surface area contributed by atoms with Gasteiger partial charge >= 0.3 is 13.6 Å². The van der Waals surface area contributed by atoms with Crippen molar-refractivity contribution in [3.63, 3.8) is 0 Å². The Morgan fingerprint density at radius 1 is 1.29 bits per heavy atom. The fourth-order valence-electron chi connectivity index (χ4n) is 2.38. The molecule has 132 valence electrons. The number of hydrogen-bond donors (Lipinski definition) is 2. The summed E-state index contributed by atoms with van der Waals surface area (Å²) in [6, 6.07) is 1.32. The summed E-state index contributed by atoms with van der Waals surface area (Å²) in [6.45, 7) is 5.17. The molecule has 0 saturated heterocycles. The van der Waals surface area contributed by atoms with Crippen LogP contribution >= 0.6 is 7.60 Å². The summed E-state index contributed by atoms with van der Waals surface area (Å²) in [4.78, 5) is 35.0. The second-order valence-electron chi connectivity index (χ2n) is 5.11. The Bertz CT molecular complexity index is 757. The van der Waals surface area contributed by atoms with Gasteiger partial charge in [0.25, 0.3) is 0 Å². The Labute approximate surface area is 138 Å². The average Bonchev–Trinajstić information content (AvgIpc) is 3.17. The van der Waals surface area contributed by atoms with E-state index in [2.05, 4.69) is 10.1 Å². The normalized spacial score (nSPS) is 12.4. The second kappa shape index (κ2) is 6.88. The van der Waals surface area contributed by atoms with Crippen molar-refractivity contribution >= 4 is 13.6 Å². The molecule has 2 N–H and O–H groups in total. The van der Waals surface area contributed by atoms with Gasteiger partial charge in [0.15, 0.2) is 11.5 Å². The van der Waals surface area contributed by atoms with E-state index in [0.29, 0.717) is 0 Å². The van der Waals surface area contributed by atoms with Gasteiger partial charge in [0.05, 0.1) is 12.8 Å². The molecule has 9 nitrogen and oxygen atoms in total. The van der Waals surface area contributed by atoms with E-state index >= 15 is 0 Å². The Morgan fingerprint density at radius 3 is 2.50 bits per heavy atom. The fourth-order valence-corrected chi connectivity index (χ4v) is 3.56. The Hall–Kier alpha value is -1.96. The quantitative estimate of drug-likeness (QED) is 0.565. The molecule has 10 heteroatoms. The average molecular weight is 358 g/mol. The third-order valence-electron chi connectivity index (χ3n) is 3.87. The number of aromatic nitrogens is 2. The Kier molecular flexibility index (Phi) is 5.27. The van der Waals surface area contributed by atoms with Crippen molar-refractivity contribution in [3.8, 4) is 11.5 Å². The van der Waals surface area contributed by atoms with Crippen LogP contribution in [0.2, 0.25) is 0 Å². The summed E-state index contributed by atoms with van der Waals surface area (Å²) in [5, 5.41) is 2.08. The molecule has 0 atom stereocenters. The molecule has 0 fully saturated rings. The maximum absolute atomic E-state index is 11.9. The SMILES string of the molecule is CCOC(=O)c1cc(-c2cnc(C(CC)(CC)P(=O)(O)O)o2)on1. The topological polar surface area (TPSA) is 136 Å². The minimum Gasteiger partial charge on any atom is -0.461 e. The predicted octanol–water partition coefficient (Wildman–Crippen LogP) is 2.70. The Balaban J connectivity index is 2.37. The number of nitrogens with zero attached hydrogens (tertiary/aromatic N) is 2. The number of esters is 1. The van der Waals surface area contributed by atoms with Gasteiger partial charge < -0.3 is 23.5 Å². The number of carbonyl (C=O) groups is 1. The van der Waals surface area contributed by atoms with Gasteiger partial charge in [-0.1, -0.05) is 19.0 Å². The predicted molar refractivity (Wildman–Crippen MR) is 82.3 cm³/mol. The van der Waals surface area contributed by atoms with Gasteiger partial charge in [0, 0.05) is 6.07 Å². The molecule has 0 radical (unpaired) electrons. The van der Waals surface area contributed by atoms with E-state index in [-0.39, 0.29) is 42.6 Å². The first kappa shape index (κ1) is 18.4. The molecular formula is C14H19N2O7P. The first-order valence-corrected chi connectivity index (χ1v) is 9.06. The zero-order valence-electron chi connectivity index (χ0n) is 13.6. The highest BCUT2D eigenvalue weighted by molar-refractivity contribution is 7.53. The van der Waals surface area contributed by atoms with E-state index in [1.54, 1.807) is 20.8 Å². The summed E-state index contributed by atoms with van der Waals surface area (Å²) in [7, 11) is -4.50. The molecule has 0 bridgehead atoms. The summed E-state index contributed by atoms with van der Waals surface area (Å²) in [5.41, 5.74) is -0.0305. The van der Waals surface area contributed by atoms with Crippen molar-refractivity contribution in [1.29, 1.82) is 0 Å². The molecule has 2 aromatic rings. The summed E-state index contributed by atoms with van der Waals surface area (Å²) in [5.74, 6) is -0.486. The summed E-state index contributed by atoms with van der Waals surface area (Å²) >= 11 is 0. The lowest BCUT2D eigenvalue weighted by Crippen LogP contribution is -2.24. The molecule has 2 rings (SSSR count). The minimum atomic E-state index is -4.50. The highest BCUT2D eigenvalue weighted by Crippen LogP contribution is 2.60. The van der Waals surface area contributed by atoms with Crippen molar-refractivity contribution < 1.29 is 32.8 Å². The van der Waals surface area contributed by atoms with Crippen LogP contribution < -0.4 is 0 Å². The van der Waals surface area contributed by atoms with Gasteiger partial charge in [-0.25, -0.2) is 9.78 Å².